The van der Waals surface area contributed by atoms with E-state index in [4.69, 9.17) is 11.6 Å². The number of hydrogen-bond donors (Lipinski definition) is 0. The Bertz CT molecular complexity index is 780. The molecule has 2 heterocycles. The van der Waals surface area contributed by atoms with E-state index in [1.807, 2.05) is 0 Å². The van der Waals surface area contributed by atoms with Crippen LogP contribution in [0.1, 0.15) is 12.1 Å². The maximum atomic E-state index is 12.4. The highest BCUT2D eigenvalue weighted by molar-refractivity contribution is 6.31. The van der Waals surface area contributed by atoms with Gasteiger partial charge in [0.1, 0.15) is 5.39 Å². The van der Waals surface area contributed by atoms with Crippen molar-refractivity contribution in [3.63, 3.8) is 0 Å². The van der Waals surface area contributed by atoms with E-state index in [0.717, 1.165) is 6.42 Å². The second-order valence-corrected chi connectivity index (χ2v) is 4.97. The Hall–Kier alpha value is -1.68. The summed E-state index contributed by atoms with van der Waals surface area (Å²) in [7, 11) is 1.69. The van der Waals surface area contributed by atoms with Crippen LogP contribution in [0.4, 0.5) is 0 Å². The number of halogens is 1. The molecule has 0 saturated heterocycles. The molecule has 0 aliphatic carbocycles. The van der Waals surface area contributed by atoms with E-state index >= 15 is 0 Å². The largest absolute Gasteiger partial charge is 0.421 e. The van der Waals surface area contributed by atoms with Crippen molar-refractivity contribution in [2.75, 3.05) is 0 Å². The molecule has 1 aliphatic rings. The first kappa shape index (κ1) is 11.4. The number of fused-ring (bicyclic) bond motifs is 2. The Kier molecular flexibility index (Phi) is 2.48. The van der Waals surface area contributed by atoms with Gasteiger partial charge in [0.05, 0.1) is 5.52 Å². The van der Waals surface area contributed by atoms with Gasteiger partial charge in [-0.1, -0.05) is 11.6 Å². The summed E-state index contributed by atoms with van der Waals surface area (Å²) in [5, 5.41) is 1.00. The van der Waals surface area contributed by atoms with Crippen molar-refractivity contribution < 1.29 is 4.57 Å². The molecule has 2 aromatic rings. The van der Waals surface area contributed by atoms with Crippen LogP contribution in [0.25, 0.3) is 10.9 Å². The molecule has 18 heavy (non-hydrogen) atoms. The number of rotatable bonds is 0. The van der Waals surface area contributed by atoms with Crippen LogP contribution in [0.5, 0.6) is 0 Å². The van der Waals surface area contributed by atoms with E-state index in [1.165, 1.54) is 4.57 Å². The van der Waals surface area contributed by atoms with Crippen molar-refractivity contribution in [2.24, 2.45) is 7.05 Å². The Morgan fingerprint density at radius 2 is 2.11 bits per heavy atom. The van der Waals surface area contributed by atoms with Gasteiger partial charge >= 0.3 is 11.1 Å². The molecular formula is C13H12ClN2O2+. The van der Waals surface area contributed by atoms with Crippen LogP contribution in [0, 0.1) is 0 Å². The molecule has 0 unspecified atom stereocenters. The van der Waals surface area contributed by atoms with Crippen molar-refractivity contribution in [1.82, 2.24) is 4.57 Å². The van der Waals surface area contributed by atoms with Crippen molar-refractivity contribution in [1.29, 1.82) is 0 Å². The molecule has 0 atom stereocenters. The third-order valence-electron chi connectivity index (χ3n) is 3.47. The highest BCUT2D eigenvalue weighted by atomic mass is 35.5. The van der Waals surface area contributed by atoms with Crippen LogP contribution < -0.4 is 15.7 Å². The summed E-state index contributed by atoms with van der Waals surface area (Å²) in [6.45, 7) is 0.611. The van der Waals surface area contributed by atoms with Crippen molar-refractivity contribution >= 4 is 22.5 Å². The fraction of sp³-hybridized carbons (Fsp3) is 0.308. The zero-order valence-electron chi connectivity index (χ0n) is 9.94. The van der Waals surface area contributed by atoms with Gasteiger partial charge in [-0.25, -0.2) is 4.79 Å². The molecule has 92 valence electrons. The molecule has 4 nitrogen and oxygen atoms in total. The second-order valence-electron chi connectivity index (χ2n) is 4.53. The maximum absolute atomic E-state index is 12.4. The van der Waals surface area contributed by atoms with Gasteiger partial charge in [-0.05, 0) is 18.2 Å². The monoisotopic (exact) mass is 263 g/mol. The molecule has 1 aromatic heterocycles. The van der Waals surface area contributed by atoms with Gasteiger partial charge in [0, 0.05) is 24.9 Å². The molecule has 0 spiro atoms. The second kappa shape index (κ2) is 3.92. The summed E-state index contributed by atoms with van der Waals surface area (Å²) >= 11 is 5.94. The van der Waals surface area contributed by atoms with Gasteiger partial charge in [0.15, 0.2) is 6.54 Å². The Labute approximate surface area is 108 Å². The van der Waals surface area contributed by atoms with Gasteiger partial charge in [-0.15, -0.1) is 0 Å². The van der Waals surface area contributed by atoms with Gasteiger partial charge in [-0.2, -0.15) is 4.57 Å². The summed E-state index contributed by atoms with van der Waals surface area (Å²) in [4.78, 5) is 24.7. The van der Waals surface area contributed by atoms with Gasteiger partial charge in [-0.3, -0.25) is 4.79 Å². The summed E-state index contributed by atoms with van der Waals surface area (Å²) < 4.78 is 3.12. The van der Waals surface area contributed by atoms with Gasteiger partial charge in [0.2, 0.25) is 0 Å². The summed E-state index contributed by atoms with van der Waals surface area (Å²) in [6, 6.07) is 5.04. The topological polar surface area (TPSA) is 43.0 Å². The Morgan fingerprint density at radius 1 is 1.33 bits per heavy atom. The van der Waals surface area contributed by atoms with E-state index in [0.29, 0.717) is 34.6 Å². The number of aromatic nitrogens is 2. The molecule has 0 amide bonds. The number of nitrogens with zero attached hydrogens (tertiary/aromatic N) is 2. The molecule has 0 N–H and O–H groups in total. The molecular weight excluding hydrogens is 252 g/mol. The first-order valence-electron chi connectivity index (χ1n) is 5.85. The highest BCUT2D eigenvalue weighted by Gasteiger charge is 2.27. The van der Waals surface area contributed by atoms with Gasteiger partial charge < -0.3 is 4.57 Å². The van der Waals surface area contributed by atoms with E-state index < -0.39 is 0 Å². The van der Waals surface area contributed by atoms with E-state index in [-0.39, 0.29) is 11.1 Å². The standard InChI is InChI=1S/C13H12ClN2O2/c1-15-10-5-4-8(14)7-9(10)12(17)16-6-2-3-11(16)13(15)18/h4-5,7H,2-3,6H2,1H3/q+1. The predicted molar refractivity (Wildman–Crippen MR) is 69.0 cm³/mol. The number of benzene rings is 1. The summed E-state index contributed by atoms with van der Waals surface area (Å²) in [5.74, 6) is 0. The van der Waals surface area contributed by atoms with Crippen molar-refractivity contribution in [3.8, 4) is 0 Å². The van der Waals surface area contributed by atoms with Crippen molar-refractivity contribution in [3.05, 3.63) is 49.6 Å². The van der Waals surface area contributed by atoms with E-state index in [2.05, 4.69) is 0 Å². The minimum absolute atomic E-state index is 0.0954. The number of aryl methyl sites for hydroxylation is 1. The average molecular weight is 264 g/mol. The molecule has 1 aromatic carbocycles. The minimum atomic E-state index is -0.127. The molecule has 0 fully saturated rings. The fourth-order valence-electron chi connectivity index (χ4n) is 2.54. The Morgan fingerprint density at radius 3 is 2.89 bits per heavy atom. The third-order valence-corrected chi connectivity index (χ3v) is 3.70. The lowest BCUT2D eigenvalue weighted by Gasteiger charge is -1.97. The smallest absolute Gasteiger partial charge is 0.306 e. The summed E-state index contributed by atoms with van der Waals surface area (Å²) in [5.41, 5.74) is 0.991. The lowest BCUT2D eigenvalue weighted by atomic mass is 10.2. The highest BCUT2D eigenvalue weighted by Crippen LogP contribution is 2.14. The quantitative estimate of drug-likeness (QED) is 0.660. The fourth-order valence-corrected chi connectivity index (χ4v) is 2.71. The van der Waals surface area contributed by atoms with Gasteiger partial charge in [0.25, 0.3) is 5.69 Å². The third kappa shape index (κ3) is 1.49. The molecule has 1 aliphatic heterocycles. The lowest BCUT2D eigenvalue weighted by molar-refractivity contribution is -0.703. The maximum Gasteiger partial charge on any atom is 0.421 e. The zero-order valence-corrected chi connectivity index (χ0v) is 10.7. The molecule has 0 saturated carbocycles. The van der Waals surface area contributed by atoms with Crippen LogP contribution in [-0.2, 0) is 20.0 Å². The van der Waals surface area contributed by atoms with Crippen LogP contribution in [0.2, 0.25) is 5.02 Å². The SMILES string of the molecule is Cn1c(=O)c2[n+](c(=O)c3cc(Cl)ccc31)CCC2. The first-order valence-corrected chi connectivity index (χ1v) is 6.22. The molecule has 3 rings (SSSR count). The zero-order chi connectivity index (χ0) is 12.9. The predicted octanol–water partition coefficient (Wildman–Crippen LogP) is 0.786. The van der Waals surface area contributed by atoms with E-state index in [9.17, 15) is 9.59 Å². The van der Waals surface area contributed by atoms with Crippen LogP contribution >= 0.6 is 11.6 Å². The van der Waals surface area contributed by atoms with Crippen LogP contribution in [0.3, 0.4) is 0 Å². The lowest BCUT2D eigenvalue weighted by Crippen LogP contribution is -2.50. The van der Waals surface area contributed by atoms with Crippen LogP contribution in [0.15, 0.2) is 27.8 Å². The minimum Gasteiger partial charge on any atom is -0.306 e. The average Bonchev–Trinajstić information content (AvgIpc) is 2.82. The molecule has 0 bridgehead atoms. The normalized spacial score (nSPS) is 13.9. The number of hydrogen-bond acceptors (Lipinski definition) is 2. The van der Waals surface area contributed by atoms with Crippen LogP contribution in [-0.4, -0.2) is 4.57 Å². The molecule has 5 heteroatoms. The first-order chi connectivity index (χ1) is 8.59. The van der Waals surface area contributed by atoms with E-state index in [1.54, 1.807) is 29.8 Å². The van der Waals surface area contributed by atoms with Crippen molar-refractivity contribution in [2.45, 2.75) is 19.4 Å². The Balaban J connectivity index is 2.66. The molecule has 0 radical (unpaired) electrons. The summed E-state index contributed by atoms with van der Waals surface area (Å²) in [6.07, 6.45) is 1.51.